The first kappa shape index (κ1) is 20.9. The molecule has 1 atom stereocenters. The number of benzene rings is 1. The molecule has 1 aliphatic rings. The largest absolute Gasteiger partial charge is 0.497 e. The summed E-state index contributed by atoms with van der Waals surface area (Å²) in [5.74, 6) is 0.0178. The molecule has 3 nitrogen and oxygen atoms in total. The van der Waals surface area contributed by atoms with E-state index in [4.69, 9.17) is 4.74 Å². The van der Waals surface area contributed by atoms with Crippen LogP contribution in [-0.4, -0.2) is 44.6 Å². The lowest BCUT2D eigenvalue weighted by Gasteiger charge is -2.35. The zero-order valence-electron chi connectivity index (χ0n) is 13.1. The van der Waals surface area contributed by atoms with Gasteiger partial charge in [0.1, 0.15) is 5.75 Å². The molecule has 0 amide bonds. The summed E-state index contributed by atoms with van der Waals surface area (Å²) in [5, 5.41) is 3.10. The minimum absolute atomic E-state index is 0. The molecular formula is C15H20ClF5N2O. The summed E-state index contributed by atoms with van der Waals surface area (Å²) in [6.45, 7) is 2.26. The van der Waals surface area contributed by atoms with Crippen molar-refractivity contribution in [1.29, 1.82) is 0 Å². The number of halogens is 6. The fourth-order valence-corrected chi connectivity index (χ4v) is 2.75. The molecule has 0 aromatic heterocycles. The zero-order valence-corrected chi connectivity index (χ0v) is 13.9. The van der Waals surface area contributed by atoms with Gasteiger partial charge < -0.3 is 10.1 Å². The van der Waals surface area contributed by atoms with E-state index in [2.05, 4.69) is 5.32 Å². The second kappa shape index (κ2) is 8.82. The van der Waals surface area contributed by atoms with Crippen LogP contribution < -0.4 is 10.1 Å². The highest BCUT2D eigenvalue weighted by Gasteiger charge is 2.33. The molecule has 0 spiro atoms. The van der Waals surface area contributed by atoms with Crippen molar-refractivity contribution in [2.45, 2.75) is 25.1 Å². The number of rotatable bonds is 5. The minimum Gasteiger partial charge on any atom is -0.497 e. The lowest BCUT2D eigenvalue weighted by Crippen LogP contribution is -2.45. The van der Waals surface area contributed by atoms with Crippen molar-refractivity contribution in [2.75, 3.05) is 33.3 Å². The molecule has 1 aromatic rings. The first-order valence-corrected chi connectivity index (χ1v) is 7.30. The van der Waals surface area contributed by atoms with Crippen LogP contribution >= 0.6 is 12.4 Å². The first-order valence-electron chi connectivity index (χ1n) is 7.30. The monoisotopic (exact) mass is 374 g/mol. The van der Waals surface area contributed by atoms with Crippen molar-refractivity contribution in [1.82, 2.24) is 10.2 Å². The molecule has 1 N–H and O–H groups in total. The van der Waals surface area contributed by atoms with E-state index < -0.39 is 30.6 Å². The van der Waals surface area contributed by atoms with Crippen molar-refractivity contribution in [3.05, 3.63) is 29.3 Å². The molecule has 24 heavy (non-hydrogen) atoms. The van der Waals surface area contributed by atoms with E-state index >= 15 is 0 Å². The van der Waals surface area contributed by atoms with E-state index in [1.54, 1.807) is 4.90 Å². The summed E-state index contributed by atoms with van der Waals surface area (Å²) in [7, 11) is 1.26. The Hall–Kier alpha value is -1.12. The molecule has 1 saturated heterocycles. The van der Waals surface area contributed by atoms with Crippen LogP contribution in [0.3, 0.4) is 0 Å². The summed E-state index contributed by atoms with van der Waals surface area (Å²) < 4.78 is 69.9. The highest BCUT2D eigenvalue weighted by atomic mass is 35.5. The number of alkyl halides is 5. The van der Waals surface area contributed by atoms with E-state index in [9.17, 15) is 22.0 Å². The van der Waals surface area contributed by atoms with E-state index in [1.165, 1.54) is 13.2 Å². The van der Waals surface area contributed by atoms with Gasteiger partial charge in [0.05, 0.1) is 12.7 Å². The molecule has 0 aliphatic carbocycles. The summed E-state index contributed by atoms with van der Waals surface area (Å²) in [6.07, 6.45) is -7.66. The number of hydrogen-bond acceptors (Lipinski definition) is 3. The molecule has 138 valence electrons. The van der Waals surface area contributed by atoms with Crippen LogP contribution in [0.5, 0.6) is 5.75 Å². The Morgan fingerprint density at radius 3 is 2.29 bits per heavy atom. The number of methoxy groups -OCH3 is 1. The lowest BCUT2D eigenvalue weighted by atomic mass is 9.98. The normalized spacial score (nSPS) is 17.5. The Morgan fingerprint density at radius 2 is 1.79 bits per heavy atom. The van der Waals surface area contributed by atoms with E-state index in [0.717, 1.165) is 12.1 Å². The van der Waals surface area contributed by atoms with Crippen LogP contribution in [0.2, 0.25) is 0 Å². The Kier molecular flexibility index (Phi) is 7.69. The number of piperazine rings is 1. The van der Waals surface area contributed by atoms with Gasteiger partial charge in [-0.05, 0) is 23.8 Å². The molecule has 9 heteroatoms. The third-order valence-electron chi connectivity index (χ3n) is 3.87. The minimum atomic E-state index is -4.55. The molecule has 1 aromatic carbocycles. The molecular weight excluding hydrogens is 355 g/mol. The molecule has 2 rings (SSSR count). The molecule has 0 radical (unpaired) electrons. The second-order valence-corrected chi connectivity index (χ2v) is 5.42. The van der Waals surface area contributed by atoms with E-state index in [-0.39, 0.29) is 23.7 Å². The maximum absolute atomic E-state index is 13.0. The van der Waals surface area contributed by atoms with Crippen molar-refractivity contribution in [3.8, 4) is 5.75 Å². The Labute approximate surface area is 143 Å². The number of nitrogens with zero attached hydrogens (tertiary/aromatic N) is 1. The van der Waals surface area contributed by atoms with Crippen molar-refractivity contribution in [2.24, 2.45) is 0 Å². The topological polar surface area (TPSA) is 24.5 Å². The second-order valence-electron chi connectivity index (χ2n) is 5.42. The molecule has 0 bridgehead atoms. The summed E-state index contributed by atoms with van der Waals surface area (Å²) in [6, 6.07) is 2.45. The number of ether oxygens (including phenoxy) is 1. The van der Waals surface area contributed by atoms with Gasteiger partial charge in [-0.2, -0.15) is 13.2 Å². The van der Waals surface area contributed by atoms with Gasteiger partial charge in [-0.3, -0.25) is 4.90 Å². The van der Waals surface area contributed by atoms with Crippen LogP contribution in [0.4, 0.5) is 22.0 Å². The fourth-order valence-electron chi connectivity index (χ4n) is 2.75. The van der Waals surface area contributed by atoms with Crippen LogP contribution in [0.1, 0.15) is 23.6 Å². The maximum atomic E-state index is 13.0. The Morgan fingerprint density at radius 1 is 1.17 bits per heavy atom. The summed E-state index contributed by atoms with van der Waals surface area (Å²) in [5.41, 5.74) is -0.680. The predicted octanol–water partition coefficient (Wildman–Crippen LogP) is 3.74. The average molecular weight is 375 g/mol. The van der Waals surface area contributed by atoms with Crippen LogP contribution in [-0.2, 0) is 6.18 Å². The van der Waals surface area contributed by atoms with Crippen LogP contribution in [0.25, 0.3) is 0 Å². The maximum Gasteiger partial charge on any atom is 0.416 e. The first-order chi connectivity index (χ1) is 10.8. The van der Waals surface area contributed by atoms with Gasteiger partial charge in [0, 0.05) is 38.6 Å². The number of nitrogens with one attached hydrogen (secondary N) is 1. The van der Waals surface area contributed by atoms with Crippen LogP contribution in [0, 0.1) is 0 Å². The average Bonchev–Trinajstić information content (AvgIpc) is 2.52. The lowest BCUT2D eigenvalue weighted by molar-refractivity contribution is -0.137. The van der Waals surface area contributed by atoms with Gasteiger partial charge >= 0.3 is 6.18 Å². The van der Waals surface area contributed by atoms with Gasteiger partial charge in [-0.15, -0.1) is 12.4 Å². The third-order valence-corrected chi connectivity index (χ3v) is 3.87. The predicted molar refractivity (Wildman–Crippen MR) is 83.0 cm³/mol. The van der Waals surface area contributed by atoms with Gasteiger partial charge in [-0.25, -0.2) is 8.78 Å². The standard InChI is InChI=1S/C15H19F5N2O.ClH/c1-23-12-7-10(6-11(8-12)15(18,19)20)13(9-14(16)17)22-4-2-21-3-5-22;/h6-8,13-14,21H,2-5,9H2,1H3;1H/t13-;/m1./s1. The summed E-state index contributed by atoms with van der Waals surface area (Å²) >= 11 is 0. The zero-order chi connectivity index (χ0) is 17.0. The highest BCUT2D eigenvalue weighted by molar-refractivity contribution is 5.85. The fraction of sp³-hybridized carbons (Fsp3) is 0.600. The van der Waals surface area contributed by atoms with Gasteiger partial charge in [-0.1, -0.05) is 0 Å². The van der Waals surface area contributed by atoms with Crippen molar-refractivity contribution < 1.29 is 26.7 Å². The molecule has 1 fully saturated rings. The van der Waals surface area contributed by atoms with E-state index in [1.807, 2.05) is 0 Å². The van der Waals surface area contributed by atoms with Crippen molar-refractivity contribution >= 4 is 12.4 Å². The van der Waals surface area contributed by atoms with Gasteiger partial charge in [0.15, 0.2) is 0 Å². The number of hydrogen-bond donors (Lipinski definition) is 1. The SMILES string of the molecule is COc1cc([C@@H](CC(F)F)N2CCNCC2)cc(C(F)(F)F)c1.Cl. The Bertz CT molecular complexity index is 521. The van der Waals surface area contributed by atoms with E-state index in [0.29, 0.717) is 26.2 Å². The van der Waals surface area contributed by atoms with Gasteiger partial charge in [0.2, 0.25) is 6.43 Å². The smallest absolute Gasteiger partial charge is 0.416 e. The molecule has 0 unspecified atom stereocenters. The Balaban J connectivity index is 0.00000288. The van der Waals surface area contributed by atoms with Crippen LogP contribution in [0.15, 0.2) is 18.2 Å². The quantitative estimate of drug-likeness (QED) is 0.795. The summed E-state index contributed by atoms with van der Waals surface area (Å²) in [4.78, 5) is 1.79. The molecule has 1 heterocycles. The third kappa shape index (κ3) is 5.46. The molecule has 0 saturated carbocycles. The van der Waals surface area contributed by atoms with Crippen molar-refractivity contribution in [3.63, 3.8) is 0 Å². The van der Waals surface area contributed by atoms with Gasteiger partial charge in [0.25, 0.3) is 0 Å². The highest BCUT2D eigenvalue weighted by Crippen LogP contribution is 2.37. The molecule has 1 aliphatic heterocycles.